The number of carboxylic acids is 1. The number of Topliss-reactive ketones (excluding diaryl/α,β-unsaturated/α-hetero) is 1. The standard InChI is InChI=1S/C23H19NO4S/c1-15-6-8-16(9-7-15)21(25)14-29-18-12-10-17(11-13-18)24-22(26)19-4-2-3-5-20(19)23(27)28/h2-13H,14H2,1H3,(H,24,26)(H,27,28). The number of amides is 1. The minimum Gasteiger partial charge on any atom is -0.478 e. The first-order valence-electron chi connectivity index (χ1n) is 8.90. The Kier molecular flexibility index (Phi) is 6.46. The number of hydrogen-bond donors (Lipinski definition) is 2. The third kappa shape index (κ3) is 5.33. The van der Waals surface area contributed by atoms with Gasteiger partial charge in [0.1, 0.15) is 0 Å². The Bertz CT molecular complexity index is 1040. The van der Waals surface area contributed by atoms with E-state index >= 15 is 0 Å². The number of hydrogen-bond acceptors (Lipinski definition) is 4. The van der Waals surface area contributed by atoms with Crippen LogP contribution in [0.4, 0.5) is 5.69 Å². The predicted octanol–water partition coefficient (Wildman–Crippen LogP) is 4.92. The van der Waals surface area contributed by atoms with Crippen LogP contribution in [0, 0.1) is 6.92 Å². The number of benzene rings is 3. The topological polar surface area (TPSA) is 83.5 Å². The first-order valence-corrected chi connectivity index (χ1v) is 9.89. The second kappa shape index (κ2) is 9.21. The molecule has 0 saturated heterocycles. The minimum absolute atomic E-state index is 0.0493. The highest BCUT2D eigenvalue weighted by Gasteiger charge is 2.15. The van der Waals surface area contributed by atoms with Crippen LogP contribution in [-0.4, -0.2) is 28.5 Å². The van der Waals surface area contributed by atoms with Crippen molar-refractivity contribution in [2.45, 2.75) is 11.8 Å². The van der Waals surface area contributed by atoms with E-state index in [-0.39, 0.29) is 16.9 Å². The molecule has 0 aromatic heterocycles. The number of anilines is 1. The molecule has 0 aliphatic heterocycles. The van der Waals surface area contributed by atoms with E-state index in [4.69, 9.17) is 0 Å². The van der Waals surface area contributed by atoms with E-state index in [9.17, 15) is 19.5 Å². The third-order valence-corrected chi connectivity index (χ3v) is 5.27. The molecule has 2 N–H and O–H groups in total. The summed E-state index contributed by atoms with van der Waals surface area (Å²) in [6, 6.07) is 20.6. The zero-order valence-electron chi connectivity index (χ0n) is 15.7. The van der Waals surface area contributed by atoms with Crippen LogP contribution in [0.1, 0.15) is 36.6 Å². The molecule has 146 valence electrons. The summed E-state index contributed by atoms with van der Waals surface area (Å²) in [4.78, 5) is 36.8. The van der Waals surface area contributed by atoms with Gasteiger partial charge in [0.2, 0.25) is 0 Å². The van der Waals surface area contributed by atoms with Crippen molar-refractivity contribution >= 4 is 35.1 Å². The van der Waals surface area contributed by atoms with Gasteiger partial charge in [0.15, 0.2) is 5.78 Å². The number of thioether (sulfide) groups is 1. The number of aromatic carboxylic acids is 1. The van der Waals surface area contributed by atoms with Gasteiger partial charge in [-0.1, -0.05) is 42.0 Å². The van der Waals surface area contributed by atoms with Crippen molar-refractivity contribution in [3.05, 3.63) is 95.1 Å². The first kappa shape index (κ1) is 20.4. The summed E-state index contributed by atoms with van der Waals surface area (Å²) in [5.74, 6) is -1.27. The molecule has 6 heteroatoms. The Morgan fingerprint density at radius 1 is 0.862 bits per heavy atom. The van der Waals surface area contributed by atoms with Crippen molar-refractivity contribution in [2.75, 3.05) is 11.1 Å². The van der Waals surface area contributed by atoms with Gasteiger partial charge in [-0.05, 0) is 43.3 Å². The maximum atomic E-state index is 12.4. The Labute approximate surface area is 172 Å². The van der Waals surface area contributed by atoms with Crippen LogP contribution in [0.25, 0.3) is 0 Å². The second-order valence-electron chi connectivity index (χ2n) is 6.41. The largest absolute Gasteiger partial charge is 0.478 e. The maximum Gasteiger partial charge on any atom is 0.336 e. The summed E-state index contributed by atoms with van der Waals surface area (Å²) >= 11 is 1.42. The van der Waals surface area contributed by atoms with Gasteiger partial charge in [-0.3, -0.25) is 9.59 Å². The molecular formula is C23H19NO4S. The van der Waals surface area contributed by atoms with Crippen molar-refractivity contribution < 1.29 is 19.5 Å². The number of aryl methyl sites for hydroxylation is 1. The maximum absolute atomic E-state index is 12.4. The van der Waals surface area contributed by atoms with Crippen LogP contribution >= 0.6 is 11.8 Å². The number of rotatable bonds is 7. The van der Waals surface area contributed by atoms with E-state index in [1.807, 2.05) is 43.3 Å². The lowest BCUT2D eigenvalue weighted by Crippen LogP contribution is -2.16. The summed E-state index contributed by atoms with van der Waals surface area (Å²) in [7, 11) is 0. The van der Waals surface area contributed by atoms with Crippen LogP contribution < -0.4 is 5.32 Å². The summed E-state index contributed by atoms with van der Waals surface area (Å²) in [5, 5.41) is 11.9. The molecular weight excluding hydrogens is 386 g/mol. The highest BCUT2D eigenvalue weighted by atomic mass is 32.2. The zero-order valence-corrected chi connectivity index (χ0v) is 16.5. The Hall–Kier alpha value is -3.38. The second-order valence-corrected chi connectivity index (χ2v) is 7.46. The summed E-state index contributed by atoms with van der Waals surface area (Å²) in [6.45, 7) is 1.98. The van der Waals surface area contributed by atoms with Crippen LogP contribution in [0.3, 0.4) is 0 Å². The highest BCUT2D eigenvalue weighted by Crippen LogP contribution is 2.22. The Balaban J connectivity index is 1.60. The molecule has 5 nitrogen and oxygen atoms in total. The van der Waals surface area contributed by atoms with Gasteiger partial charge in [0.05, 0.1) is 16.9 Å². The lowest BCUT2D eigenvalue weighted by Gasteiger charge is -2.08. The molecule has 0 unspecified atom stereocenters. The molecule has 29 heavy (non-hydrogen) atoms. The molecule has 0 spiro atoms. The van der Waals surface area contributed by atoms with Crippen molar-refractivity contribution in [2.24, 2.45) is 0 Å². The zero-order chi connectivity index (χ0) is 20.8. The number of carboxylic acid groups (broad SMARTS) is 1. The summed E-state index contributed by atoms with van der Waals surface area (Å²) < 4.78 is 0. The fourth-order valence-electron chi connectivity index (χ4n) is 2.67. The molecule has 0 radical (unpaired) electrons. The van der Waals surface area contributed by atoms with E-state index in [2.05, 4.69) is 5.32 Å². The van der Waals surface area contributed by atoms with Gasteiger partial charge in [0.25, 0.3) is 5.91 Å². The molecule has 0 fully saturated rings. The van der Waals surface area contributed by atoms with Crippen LogP contribution in [0.5, 0.6) is 0 Å². The highest BCUT2D eigenvalue weighted by molar-refractivity contribution is 8.00. The number of carbonyl (C=O) groups is 3. The third-order valence-electron chi connectivity index (χ3n) is 4.26. The van der Waals surface area contributed by atoms with Crippen LogP contribution in [-0.2, 0) is 0 Å². The molecule has 0 heterocycles. The molecule has 0 aliphatic carbocycles. The van der Waals surface area contributed by atoms with Gasteiger partial charge >= 0.3 is 5.97 Å². The van der Waals surface area contributed by atoms with E-state index < -0.39 is 11.9 Å². The van der Waals surface area contributed by atoms with Gasteiger partial charge < -0.3 is 10.4 Å². The van der Waals surface area contributed by atoms with Crippen molar-refractivity contribution in [3.63, 3.8) is 0 Å². The monoisotopic (exact) mass is 405 g/mol. The summed E-state index contributed by atoms with van der Waals surface area (Å²) in [6.07, 6.45) is 0. The van der Waals surface area contributed by atoms with Crippen molar-refractivity contribution in [3.8, 4) is 0 Å². The molecule has 0 saturated carbocycles. The van der Waals surface area contributed by atoms with Gasteiger partial charge in [-0.15, -0.1) is 11.8 Å². The van der Waals surface area contributed by atoms with Crippen LogP contribution in [0.15, 0.2) is 77.7 Å². The predicted molar refractivity (Wildman–Crippen MR) is 114 cm³/mol. The summed E-state index contributed by atoms with van der Waals surface area (Å²) in [5.41, 5.74) is 2.39. The quantitative estimate of drug-likeness (QED) is 0.431. The molecule has 0 atom stereocenters. The van der Waals surface area contributed by atoms with E-state index in [0.717, 1.165) is 10.5 Å². The normalized spacial score (nSPS) is 10.4. The molecule has 3 rings (SSSR count). The van der Waals surface area contributed by atoms with E-state index in [0.29, 0.717) is 17.0 Å². The number of carbonyl (C=O) groups excluding carboxylic acids is 2. The fraction of sp³-hybridized carbons (Fsp3) is 0.0870. The lowest BCUT2D eigenvalue weighted by atomic mass is 10.1. The van der Waals surface area contributed by atoms with Gasteiger partial charge in [0, 0.05) is 16.1 Å². The smallest absolute Gasteiger partial charge is 0.336 e. The Morgan fingerprint density at radius 2 is 1.48 bits per heavy atom. The molecule has 0 aliphatic rings. The number of ketones is 1. The molecule has 3 aromatic rings. The average Bonchev–Trinajstić information content (AvgIpc) is 2.73. The average molecular weight is 405 g/mol. The molecule has 1 amide bonds. The lowest BCUT2D eigenvalue weighted by molar-refractivity contribution is 0.0692. The van der Waals surface area contributed by atoms with E-state index in [1.165, 1.54) is 23.9 Å². The fourth-order valence-corrected chi connectivity index (χ4v) is 3.47. The van der Waals surface area contributed by atoms with Gasteiger partial charge in [-0.25, -0.2) is 4.79 Å². The molecule has 3 aromatic carbocycles. The van der Waals surface area contributed by atoms with E-state index in [1.54, 1.807) is 24.3 Å². The van der Waals surface area contributed by atoms with Crippen molar-refractivity contribution in [1.29, 1.82) is 0 Å². The van der Waals surface area contributed by atoms with Crippen LogP contribution in [0.2, 0.25) is 0 Å². The van der Waals surface area contributed by atoms with Gasteiger partial charge in [-0.2, -0.15) is 0 Å². The number of nitrogens with one attached hydrogen (secondary N) is 1. The minimum atomic E-state index is -1.15. The SMILES string of the molecule is Cc1ccc(C(=O)CSc2ccc(NC(=O)c3ccccc3C(=O)O)cc2)cc1. The van der Waals surface area contributed by atoms with Crippen molar-refractivity contribution in [1.82, 2.24) is 0 Å². The Morgan fingerprint density at radius 3 is 2.10 bits per heavy atom. The first-order chi connectivity index (χ1) is 13.9. The molecule has 0 bridgehead atoms.